The van der Waals surface area contributed by atoms with E-state index in [0.717, 1.165) is 0 Å². The first-order valence-electron chi connectivity index (χ1n) is 12.8. The molecule has 0 saturated heterocycles. The summed E-state index contributed by atoms with van der Waals surface area (Å²) in [6.07, 6.45) is -3.10. The van der Waals surface area contributed by atoms with Crippen molar-refractivity contribution in [2.24, 2.45) is 16.7 Å². The van der Waals surface area contributed by atoms with Crippen molar-refractivity contribution in [3.8, 4) is 0 Å². The second kappa shape index (κ2) is 10.6. The molecule has 10 heteroatoms. The molecule has 210 valence electrons. The van der Waals surface area contributed by atoms with Gasteiger partial charge < -0.3 is 24.1 Å². The number of Topliss-reactive ketones (excluding diaryl/α,β-unsaturated/α-hetero) is 1. The van der Waals surface area contributed by atoms with Gasteiger partial charge in [0.15, 0.2) is 5.78 Å². The molecule has 3 aliphatic carbocycles. The van der Waals surface area contributed by atoms with E-state index in [2.05, 4.69) is 0 Å². The van der Waals surface area contributed by atoms with Crippen LogP contribution in [0, 0.1) is 16.7 Å². The Bertz CT molecular complexity index is 1100. The van der Waals surface area contributed by atoms with E-state index in [4.69, 9.17) is 18.9 Å². The molecule has 7 atom stereocenters. The van der Waals surface area contributed by atoms with Crippen LogP contribution in [0.4, 0.5) is 0 Å². The third kappa shape index (κ3) is 5.55. The Balaban J connectivity index is 2.33. The van der Waals surface area contributed by atoms with Gasteiger partial charge in [-0.2, -0.15) is 0 Å². The minimum Gasteiger partial charge on any atom is -0.461 e. The summed E-state index contributed by atoms with van der Waals surface area (Å²) in [6.45, 7) is 12.0. The molecule has 0 spiro atoms. The lowest BCUT2D eigenvalue weighted by Gasteiger charge is -2.51. The molecule has 38 heavy (non-hydrogen) atoms. The first-order chi connectivity index (χ1) is 17.5. The van der Waals surface area contributed by atoms with Gasteiger partial charge in [0.25, 0.3) is 0 Å². The third-order valence-corrected chi connectivity index (χ3v) is 8.21. The molecule has 0 heterocycles. The Morgan fingerprint density at radius 3 is 1.89 bits per heavy atom. The van der Waals surface area contributed by atoms with Crippen molar-refractivity contribution >= 4 is 29.7 Å². The summed E-state index contributed by atoms with van der Waals surface area (Å²) in [5.41, 5.74) is -0.826. The van der Waals surface area contributed by atoms with Crippen LogP contribution in [-0.2, 0) is 42.9 Å². The zero-order valence-corrected chi connectivity index (χ0v) is 23.3. The van der Waals surface area contributed by atoms with Crippen LogP contribution in [0.15, 0.2) is 22.8 Å². The Labute approximate surface area is 222 Å². The number of hydrogen-bond donors (Lipinski definition) is 1. The van der Waals surface area contributed by atoms with E-state index in [-0.39, 0.29) is 19.3 Å². The first kappa shape index (κ1) is 29.5. The van der Waals surface area contributed by atoms with Gasteiger partial charge in [-0.1, -0.05) is 13.8 Å². The van der Waals surface area contributed by atoms with Crippen molar-refractivity contribution in [2.75, 3.05) is 0 Å². The van der Waals surface area contributed by atoms with Gasteiger partial charge in [-0.15, -0.1) is 0 Å². The highest BCUT2D eigenvalue weighted by Crippen LogP contribution is 2.53. The number of rotatable bonds is 4. The lowest BCUT2D eigenvalue weighted by atomic mass is 9.57. The molecule has 0 aromatic heterocycles. The Hall–Kier alpha value is -3.01. The van der Waals surface area contributed by atoms with Crippen LogP contribution >= 0.6 is 0 Å². The van der Waals surface area contributed by atoms with Crippen LogP contribution in [0.5, 0.6) is 0 Å². The summed E-state index contributed by atoms with van der Waals surface area (Å²) in [7, 11) is 0. The van der Waals surface area contributed by atoms with Crippen molar-refractivity contribution in [3.63, 3.8) is 0 Å². The van der Waals surface area contributed by atoms with E-state index in [0.29, 0.717) is 16.7 Å². The van der Waals surface area contributed by atoms with E-state index >= 15 is 0 Å². The Morgan fingerprint density at radius 1 is 0.842 bits per heavy atom. The first-order valence-corrected chi connectivity index (χ1v) is 12.8. The molecule has 0 amide bonds. The van der Waals surface area contributed by atoms with Gasteiger partial charge in [0.1, 0.15) is 30.5 Å². The summed E-state index contributed by atoms with van der Waals surface area (Å²) in [5, 5.41) is 11.7. The zero-order chi connectivity index (χ0) is 28.7. The highest BCUT2D eigenvalue weighted by Gasteiger charge is 2.57. The highest BCUT2D eigenvalue weighted by atomic mass is 16.6. The lowest BCUT2D eigenvalue weighted by Crippen LogP contribution is -2.56. The average Bonchev–Trinajstić information content (AvgIpc) is 2.75. The molecular formula is C28H38O10. The molecule has 0 radical (unpaired) electrons. The molecule has 0 aromatic carbocycles. The van der Waals surface area contributed by atoms with Crippen molar-refractivity contribution in [3.05, 3.63) is 22.8 Å². The van der Waals surface area contributed by atoms with Crippen LogP contribution in [-0.4, -0.2) is 65.3 Å². The summed E-state index contributed by atoms with van der Waals surface area (Å²) in [4.78, 5) is 62.3. The monoisotopic (exact) mass is 534 g/mol. The number of esters is 4. The predicted octanol–water partition coefficient (Wildman–Crippen LogP) is 2.75. The van der Waals surface area contributed by atoms with Crippen molar-refractivity contribution in [1.29, 1.82) is 0 Å². The van der Waals surface area contributed by atoms with E-state index in [1.165, 1.54) is 27.7 Å². The maximum absolute atomic E-state index is 14.1. The SMILES string of the molecule is CC(=O)O[C@H]1C[C@H]2[C@@H](OC(C)=O)/C=C3\C[C@](C)(C(=O)[C@H](O)C(=C1C)C2(C)C)[C@@H](OC(C)=O)C[C@@H]3OC(C)=O. The summed E-state index contributed by atoms with van der Waals surface area (Å²) in [5.74, 6) is -3.33. The predicted molar refractivity (Wildman–Crippen MR) is 133 cm³/mol. The maximum Gasteiger partial charge on any atom is 0.303 e. The van der Waals surface area contributed by atoms with Crippen LogP contribution in [0.2, 0.25) is 0 Å². The molecule has 1 saturated carbocycles. The largest absolute Gasteiger partial charge is 0.461 e. The number of carbonyl (C=O) groups is 5. The van der Waals surface area contributed by atoms with E-state index in [1.54, 1.807) is 19.9 Å². The van der Waals surface area contributed by atoms with Crippen LogP contribution in [0.1, 0.15) is 74.7 Å². The number of fused-ring (bicyclic) bond motifs is 4. The van der Waals surface area contributed by atoms with Crippen LogP contribution in [0.25, 0.3) is 0 Å². The normalized spacial score (nSPS) is 35.8. The van der Waals surface area contributed by atoms with Gasteiger partial charge in [-0.05, 0) is 54.9 Å². The second-order valence-electron chi connectivity index (χ2n) is 11.4. The van der Waals surface area contributed by atoms with Gasteiger partial charge >= 0.3 is 23.9 Å². The fourth-order valence-corrected chi connectivity index (χ4v) is 6.48. The van der Waals surface area contributed by atoms with Crippen molar-refractivity contribution in [2.45, 2.75) is 105 Å². The average molecular weight is 535 g/mol. The van der Waals surface area contributed by atoms with Gasteiger partial charge in [0.05, 0.1) is 5.41 Å². The molecular weight excluding hydrogens is 496 g/mol. The van der Waals surface area contributed by atoms with Crippen molar-refractivity contribution < 1.29 is 48.0 Å². The number of ether oxygens (including phenoxy) is 4. The maximum atomic E-state index is 14.1. The third-order valence-electron chi connectivity index (χ3n) is 8.21. The second-order valence-corrected chi connectivity index (χ2v) is 11.4. The summed E-state index contributed by atoms with van der Waals surface area (Å²) < 4.78 is 22.5. The topological polar surface area (TPSA) is 143 Å². The number of hydrogen-bond acceptors (Lipinski definition) is 10. The van der Waals surface area contributed by atoms with Gasteiger partial charge in [0.2, 0.25) is 0 Å². The van der Waals surface area contributed by atoms with Gasteiger partial charge in [-0.3, -0.25) is 24.0 Å². The fraction of sp³-hybridized carbons (Fsp3) is 0.679. The van der Waals surface area contributed by atoms with Crippen LogP contribution < -0.4 is 0 Å². The molecule has 3 rings (SSSR count). The number of carbonyl (C=O) groups excluding carboxylic acids is 5. The molecule has 3 aliphatic rings. The van der Waals surface area contributed by atoms with Crippen molar-refractivity contribution in [1.82, 2.24) is 0 Å². The minimum absolute atomic E-state index is 0.00338. The molecule has 0 aliphatic heterocycles. The highest BCUT2D eigenvalue weighted by molar-refractivity contribution is 5.93. The Kier molecular flexibility index (Phi) is 8.27. The molecule has 0 aromatic rings. The molecule has 10 nitrogen and oxygen atoms in total. The summed E-state index contributed by atoms with van der Waals surface area (Å²) >= 11 is 0. The number of aliphatic hydroxyl groups excluding tert-OH is 1. The summed E-state index contributed by atoms with van der Waals surface area (Å²) in [6, 6.07) is 0. The van der Waals surface area contributed by atoms with Crippen LogP contribution in [0.3, 0.4) is 0 Å². The smallest absolute Gasteiger partial charge is 0.303 e. The number of aliphatic hydroxyl groups is 1. The minimum atomic E-state index is -1.61. The van der Waals surface area contributed by atoms with Gasteiger partial charge in [0, 0.05) is 40.0 Å². The molecule has 0 unspecified atom stereocenters. The zero-order valence-electron chi connectivity index (χ0n) is 23.3. The standard InChI is InChI=1S/C28H38O10/c1-13-20(35-14(2)29)10-19-22(37-16(4)31)9-18-12-28(8,26(34)25(33)24(13)27(19,6)7)23(38-17(5)32)11-21(18)36-15(3)30/h9,19-23,25,33H,10-12H2,1-8H3/b18-9+/t19-,20-,21-,22-,23-,25+,28-/m0/s1. The van der Waals surface area contributed by atoms with E-state index < -0.39 is 76.9 Å². The fourth-order valence-electron chi connectivity index (χ4n) is 6.48. The van der Waals surface area contributed by atoms with Gasteiger partial charge in [-0.25, -0.2) is 0 Å². The lowest BCUT2D eigenvalue weighted by molar-refractivity contribution is -0.169. The molecule has 1 fully saturated rings. The number of ketones is 1. The van der Waals surface area contributed by atoms with E-state index in [9.17, 15) is 29.1 Å². The molecule has 4 bridgehead atoms. The quantitative estimate of drug-likeness (QED) is 0.325. The Morgan fingerprint density at radius 2 is 1.37 bits per heavy atom. The van der Waals surface area contributed by atoms with E-state index in [1.807, 2.05) is 13.8 Å². The molecule has 1 N–H and O–H groups in total.